The van der Waals surface area contributed by atoms with Gasteiger partial charge in [0.2, 0.25) is 0 Å². The molecule has 0 radical (unpaired) electrons. The molecule has 2 saturated carbocycles. The van der Waals surface area contributed by atoms with E-state index in [4.69, 9.17) is 0 Å². The summed E-state index contributed by atoms with van der Waals surface area (Å²) in [4.78, 5) is 24.5. The van der Waals surface area contributed by atoms with Crippen LogP contribution in [0.15, 0.2) is 18.2 Å². The third-order valence-corrected chi connectivity index (χ3v) is 6.71. The summed E-state index contributed by atoms with van der Waals surface area (Å²) < 4.78 is 0. The first-order valence-electron chi connectivity index (χ1n) is 8.63. The summed E-state index contributed by atoms with van der Waals surface area (Å²) in [7, 11) is 0. The lowest BCUT2D eigenvalue weighted by atomic mass is 9.50. The molecule has 0 N–H and O–H groups in total. The van der Waals surface area contributed by atoms with Crippen LogP contribution in [0, 0.1) is 24.2 Å². The zero-order valence-electron chi connectivity index (χ0n) is 13.5. The van der Waals surface area contributed by atoms with Crippen molar-refractivity contribution in [2.24, 2.45) is 17.3 Å². The number of carbonyl (C=O) groups excluding carboxylic acids is 2. The molecule has 4 unspecified atom stereocenters. The predicted molar refractivity (Wildman–Crippen MR) is 85.8 cm³/mol. The number of hydrogen-bond donors (Lipinski definition) is 0. The van der Waals surface area contributed by atoms with Gasteiger partial charge >= 0.3 is 0 Å². The molecule has 4 atom stereocenters. The van der Waals surface area contributed by atoms with Gasteiger partial charge < -0.3 is 0 Å². The fraction of sp³-hybridized carbons (Fsp3) is 0.600. The van der Waals surface area contributed by atoms with Crippen molar-refractivity contribution in [3.8, 4) is 0 Å². The number of Topliss-reactive ketones (excluding diaryl/α,β-unsaturated/α-hetero) is 2. The van der Waals surface area contributed by atoms with E-state index < -0.39 is 0 Å². The first-order chi connectivity index (χ1) is 10.5. The van der Waals surface area contributed by atoms with Gasteiger partial charge in [-0.25, -0.2) is 0 Å². The van der Waals surface area contributed by atoms with Crippen molar-refractivity contribution < 1.29 is 9.59 Å². The zero-order chi connectivity index (χ0) is 15.5. The lowest BCUT2D eigenvalue weighted by Gasteiger charge is -2.52. The Labute approximate surface area is 132 Å². The molecule has 0 heterocycles. The summed E-state index contributed by atoms with van der Waals surface area (Å²) in [6.45, 7) is 4.29. The van der Waals surface area contributed by atoms with Crippen LogP contribution in [0.5, 0.6) is 0 Å². The molecule has 0 bridgehead atoms. The van der Waals surface area contributed by atoms with Crippen molar-refractivity contribution in [2.75, 3.05) is 0 Å². The maximum atomic E-state index is 12.5. The normalized spacial score (nSPS) is 37.3. The molecule has 2 nitrogen and oxygen atoms in total. The topological polar surface area (TPSA) is 34.1 Å². The second-order valence-electron chi connectivity index (χ2n) is 7.92. The van der Waals surface area contributed by atoms with Crippen molar-refractivity contribution in [2.45, 2.75) is 58.3 Å². The molecule has 22 heavy (non-hydrogen) atoms. The average molecular weight is 296 g/mol. The van der Waals surface area contributed by atoms with E-state index in [1.54, 1.807) is 0 Å². The van der Waals surface area contributed by atoms with Crippen LogP contribution >= 0.6 is 0 Å². The van der Waals surface area contributed by atoms with E-state index in [9.17, 15) is 9.59 Å². The second-order valence-corrected chi connectivity index (χ2v) is 7.92. The Bertz CT molecular complexity index is 660. The quantitative estimate of drug-likeness (QED) is 0.678. The molecule has 0 aromatic heterocycles. The van der Waals surface area contributed by atoms with E-state index in [2.05, 4.69) is 32.0 Å². The lowest BCUT2D eigenvalue weighted by molar-refractivity contribution is -0.147. The Balaban J connectivity index is 1.73. The highest BCUT2D eigenvalue weighted by atomic mass is 16.2. The molecule has 116 valence electrons. The van der Waals surface area contributed by atoms with E-state index >= 15 is 0 Å². The molecular formula is C20H24O2. The van der Waals surface area contributed by atoms with Crippen LogP contribution in [0.25, 0.3) is 0 Å². The van der Waals surface area contributed by atoms with Crippen molar-refractivity contribution in [1.29, 1.82) is 0 Å². The van der Waals surface area contributed by atoms with Gasteiger partial charge in [-0.05, 0) is 61.5 Å². The van der Waals surface area contributed by atoms with Gasteiger partial charge in [0.15, 0.2) is 0 Å². The van der Waals surface area contributed by atoms with E-state index in [0.717, 1.165) is 25.7 Å². The molecule has 4 rings (SSSR count). The Hall–Kier alpha value is -1.44. The Morgan fingerprint density at radius 1 is 1.18 bits per heavy atom. The van der Waals surface area contributed by atoms with Crippen molar-refractivity contribution in [1.82, 2.24) is 0 Å². The van der Waals surface area contributed by atoms with Crippen LogP contribution in [-0.4, -0.2) is 11.6 Å². The summed E-state index contributed by atoms with van der Waals surface area (Å²) in [6.07, 6.45) is 5.12. The molecule has 0 aliphatic heterocycles. The summed E-state index contributed by atoms with van der Waals surface area (Å²) in [5, 5.41) is 0. The van der Waals surface area contributed by atoms with Crippen molar-refractivity contribution in [3.63, 3.8) is 0 Å². The van der Waals surface area contributed by atoms with Gasteiger partial charge in [0.05, 0.1) is 6.42 Å². The number of ketones is 2. The Morgan fingerprint density at radius 2 is 2.00 bits per heavy atom. The summed E-state index contributed by atoms with van der Waals surface area (Å²) in [5.41, 5.74) is 4.09. The minimum absolute atomic E-state index is 0.169. The molecule has 2 fully saturated rings. The predicted octanol–water partition coefficient (Wildman–Crippen LogP) is 3.99. The molecule has 0 spiro atoms. The van der Waals surface area contributed by atoms with Gasteiger partial charge in [0.25, 0.3) is 0 Å². The van der Waals surface area contributed by atoms with E-state index in [0.29, 0.717) is 18.3 Å². The first kappa shape index (κ1) is 14.2. The van der Waals surface area contributed by atoms with Crippen LogP contribution in [-0.2, 0) is 16.0 Å². The SMILES string of the molecule is Cc1ccc2c(c1)CCC1C2CCC2(C)C(=O)CC(=O)CC12. The second kappa shape index (κ2) is 4.78. The fourth-order valence-electron chi connectivity index (χ4n) is 5.45. The lowest BCUT2D eigenvalue weighted by Crippen LogP contribution is -2.51. The molecule has 0 amide bonds. The largest absolute Gasteiger partial charge is 0.299 e. The average Bonchev–Trinajstić information content (AvgIpc) is 2.48. The van der Waals surface area contributed by atoms with Crippen LogP contribution in [0.3, 0.4) is 0 Å². The number of hydrogen-bond acceptors (Lipinski definition) is 2. The van der Waals surface area contributed by atoms with Crippen molar-refractivity contribution in [3.05, 3.63) is 34.9 Å². The monoisotopic (exact) mass is 296 g/mol. The summed E-state index contributed by atoms with van der Waals surface area (Å²) >= 11 is 0. The number of carbonyl (C=O) groups is 2. The molecule has 1 aromatic rings. The summed E-state index contributed by atoms with van der Waals surface area (Å²) in [5.74, 6) is 1.72. The fourth-order valence-corrected chi connectivity index (χ4v) is 5.45. The highest BCUT2D eigenvalue weighted by Gasteiger charge is 2.54. The molecule has 3 aliphatic rings. The number of benzene rings is 1. The molecule has 2 heteroatoms. The van der Waals surface area contributed by atoms with Crippen molar-refractivity contribution >= 4 is 11.6 Å². The third kappa shape index (κ3) is 1.92. The van der Waals surface area contributed by atoms with E-state index in [1.807, 2.05) is 0 Å². The molecule has 1 aromatic carbocycles. The molecular weight excluding hydrogens is 272 g/mol. The Kier molecular flexibility index (Phi) is 3.08. The number of aryl methyl sites for hydroxylation is 2. The minimum atomic E-state index is -0.239. The van der Waals surface area contributed by atoms with Crippen LogP contribution in [0.1, 0.15) is 61.6 Å². The van der Waals surface area contributed by atoms with Crippen LogP contribution < -0.4 is 0 Å². The highest BCUT2D eigenvalue weighted by molar-refractivity contribution is 6.04. The van der Waals surface area contributed by atoms with Gasteiger partial charge in [0.1, 0.15) is 11.6 Å². The van der Waals surface area contributed by atoms with Crippen LogP contribution in [0.4, 0.5) is 0 Å². The van der Waals surface area contributed by atoms with Crippen LogP contribution in [0.2, 0.25) is 0 Å². The van der Waals surface area contributed by atoms with Gasteiger partial charge in [-0.1, -0.05) is 30.7 Å². The minimum Gasteiger partial charge on any atom is -0.299 e. The standard InChI is InChI=1S/C20H24O2/c1-12-3-5-15-13(9-12)4-6-17-16(15)7-8-20(2)18(17)10-14(21)11-19(20)22/h3,5,9,16-18H,4,6-8,10-11H2,1-2H3. The zero-order valence-corrected chi connectivity index (χ0v) is 13.5. The number of fused-ring (bicyclic) bond motifs is 5. The number of rotatable bonds is 0. The van der Waals surface area contributed by atoms with Gasteiger partial charge in [-0.15, -0.1) is 0 Å². The highest BCUT2D eigenvalue weighted by Crippen LogP contribution is 2.57. The first-order valence-corrected chi connectivity index (χ1v) is 8.63. The smallest absolute Gasteiger partial charge is 0.146 e. The van der Waals surface area contributed by atoms with Gasteiger partial charge in [-0.3, -0.25) is 9.59 Å². The maximum Gasteiger partial charge on any atom is 0.146 e. The maximum absolute atomic E-state index is 12.5. The van der Waals surface area contributed by atoms with E-state index in [-0.39, 0.29) is 29.3 Å². The Morgan fingerprint density at radius 3 is 2.82 bits per heavy atom. The molecule has 0 saturated heterocycles. The van der Waals surface area contributed by atoms with Gasteiger partial charge in [-0.2, -0.15) is 0 Å². The third-order valence-electron chi connectivity index (χ3n) is 6.71. The summed E-state index contributed by atoms with van der Waals surface area (Å²) in [6, 6.07) is 6.85. The van der Waals surface area contributed by atoms with E-state index in [1.165, 1.54) is 16.7 Å². The molecule has 3 aliphatic carbocycles. The van der Waals surface area contributed by atoms with Gasteiger partial charge in [0, 0.05) is 11.8 Å².